The van der Waals surface area contributed by atoms with Crippen LogP contribution in [0.4, 0.5) is 5.69 Å². The van der Waals surface area contributed by atoms with Crippen LogP contribution < -0.4 is 22.1 Å². The molecule has 3 aromatic rings. The minimum Gasteiger partial charge on any atom is -0.399 e. The lowest BCUT2D eigenvalue weighted by atomic mass is 9.36. The predicted molar refractivity (Wildman–Crippen MR) is 101 cm³/mol. The fourth-order valence-electron chi connectivity index (χ4n) is 2.73. The summed E-state index contributed by atoms with van der Waals surface area (Å²) in [5.41, 5.74) is 10.3. The molecular weight excluding hydrogens is 356 g/mol. The number of hydrogen-bond acceptors (Lipinski definition) is 1. The Bertz CT molecular complexity index is 715. The Labute approximate surface area is 144 Å². The minimum absolute atomic E-state index is 0.0167. The minimum atomic E-state index is 0.0167. The molecule has 0 bridgehead atoms. The topological polar surface area (TPSA) is 26.0 Å². The van der Waals surface area contributed by atoms with E-state index in [9.17, 15) is 0 Å². The molecule has 0 saturated heterocycles. The number of rotatable bonds is 3. The number of nitrogens with two attached hydrogens (primary N) is 1. The molecule has 0 aromatic heterocycles. The van der Waals surface area contributed by atoms with Crippen LogP contribution in [-0.4, -0.2) is 6.71 Å². The number of anilines is 1. The van der Waals surface area contributed by atoms with E-state index in [1.807, 2.05) is 48.5 Å². The van der Waals surface area contributed by atoms with Crippen LogP contribution in [0.25, 0.3) is 0 Å². The van der Waals surface area contributed by atoms with Crippen LogP contribution in [0.2, 0.25) is 5.02 Å². The zero-order valence-corrected chi connectivity index (χ0v) is 14.2. The van der Waals surface area contributed by atoms with E-state index in [0.29, 0.717) is 10.7 Å². The first-order valence-corrected chi connectivity index (χ1v) is 8.18. The zero-order valence-electron chi connectivity index (χ0n) is 11.8. The lowest BCUT2D eigenvalue weighted by Gasteiger charge is -2.19. The zero-order chi connectivity index (χ0) is 15.5. The highest BCUT2D eigenvalue weighted by molar-refractivity contribution is 9.10. The Hall–Kier alpha value is -1.71. The molecule has 0 aliphatic carbocycles. The van der Waals surface area contributed by atoms with Gasteiger partial charge >= 0.3 is 0 Å². The first-order valence-electron chi connectivity index (χ1n) is 7.01. The van der Waals surface area contributed by atoms with Gasteiger partial charge in [0.25, 0.3) is 0 Å². The first-order chi connectivity index (χ1) is 10.7. The maximum Gasteiger partial charge on any atom is 0.245 e. The van der Waals surface area contributed by atoms with Crippen LogP contribution in [0.5, 0.6) is 0 Å². The van der Waals surface area contributed by atoms with Crippen molar-refractivity contribution in [2.45, 2.75) is 0 Å². The van der Waals surface area contributed by atoms with E-state index in [1.54, 1.807) is 0 Å². The molecule has 2 N–H and O–H groups in total. The number of hydrogen-bond donors (Lipinski definition) is 1. The quantitative estimate of drug-likeness (QED) is 0.556. The second-order valence-corrected chi connectivity index (χ2v) is 6.47. The summed E-state index contributed by atoms with van der Waals surface area (Å²) in [4.78, 5) is 0. The molecular formula is C18H14BBrClN. The average Bonchev–Trinajstić information content (AvgIpc) is 2.52. The standard InChI is InChI=1S/C18H14BBrClN/c20-15-11-16(21)18(17(22)12-15)19(13-7-3-1-4-8-13)14-9-5-2-6-10-14/h1-12H,22H2. The molecule has 3 aromatic carbocycles. The monoisotopic (exact) mass is 369 g/mol. The molecule has 0 aliphatic heterocycles. The van der Waals surface area contributed by atoms with Gasteiger partial charge in [0, 0.05) is 15.2 Å². The number of halogens is 2. The van der Waals surface area contributed by atoms with Gasteiger partial charge in [-0.15, -0.1) is 0 Å². The fraction of sp³-hybridized carbons (Fsp3) is 0. The van der Waals surface area contributed by atoms with Crippen molar-refractivity contribution >= 4 is 56.3 Å². The molecule has 0 heterocycles. The van der Waals surface area contributed by atoms with Crippen molar-refractivity contribution in [3.63, 3.8) is 0 Å². The molecule has 0 aliphatic rings. The summed E-state index contributed by atoms with van der Waals surface area (Å²) in [7, 11) is 0. The summed E-state index contributed by atoms with van der Waals surface area (Å²) in [6.45, 7) is 0.0167. The van der Waals surface area contributed by atoms with Crippen LogP contribution >= 0.6 is 27.5 Å². The van der Waals surface area contributed by atoms with Crippen molar-refractivity contribution in [2.24, 2.45) is 0 Å². The summed E-state index contributed by atoms with van der Waals surface area (Å²) >= 11 is 9.96. The van der Waals surface area contributed by atoms with E-state index < -0.39 is 0 Å². The molecule has 0 fully saturated rings. The van der Waals surface area contributed by atoms with Crippen molar-refractivity contribution in [1.82, 2.24) is 0 Å². The maximum absolute atomic E-state index is 6.52. The third kappa shape index (κ3) is 3.06. The van der Waals surface area contributed by atoms with Gasteiger partial charge in [-0.2, -0.15) is 0 Å². The SMILES string of the molecule is Nc1cc(Br)cc(Cl)c1B(c1ccccc1)c1ccccc1. The van der Waals surface area contributed by atoms with E-state index >= 15 is 0 Å². The average molecular weight is 370 g/mol. The van der Waals surface area contributed by atoms with Crippen LogP contribution in [0, 0.1) is 0 Å². The number of nitrogen functional groups attached to an aromatic ring is 1. The maximum atomic E-state index is 6.52. The molecule has 0 unspecified atom stereocenters. The van der Waals surface area contributed by atoms with Crippen LogP contribution in [0.15, 0.2) is 77.3 Å². The molecule has 22 heavy (non-hydrogen) atoms. The Morgan fingerprint density at radius 1 is 0.818 bits per heavy atom. The van der Waals surface area contributed by atoms with Gasteiger partial charge in [0.2, 0.25) is 6.71 Å². The van der Waals surface area contributed by atoms with Gasteiger partial charge < -0.3 is 5.73 Å². The summed E-state index contributed by atoms with van der Waals surface area (Å²) in [6.07, 6.45) is 0. The smallest absolute Gasteiger partial charge is 0.245 e. The molecule has 0 radical (unpaired) electrons. The fourth-order valence-corrected chi connectivity index (χ4v) is 3.67. The van der Waals surface area contributed by atoms with Crippen LogP contribution in [0.1, 0.15) is 0 Å². The van der Waals surface area contributed by atoms with E-state index in [2.05, 4.69) is 40.2 Å². The first kappa shape index (κ1) is 15.2. The molecule has 0 atom stereocenters. The van der Waals surface area contributed by atoms with Crippen molar-refractivity contribution in [2.75, 3.05) is 5.73 Å². The highest BCUT2D eigenvalue weighted by Gasteiger charge is 2.26. The lowest BCUT2D eigenvalue weighted by Crippen LogP contribution is -2.53. The second-order valence-electron chi connectivity index (χ2n) is 5.14. The lowest BCUT2D eigenvalue weighted by molar-refractivity contribution is 1.66. The van der Waals surface area contributed by atoms with Crippen molar-refractivity contribution in [1.29, 1.82) is 0 Å². The number of benzene rings is 3. The normalized spacial score (nSPS) is 10.5. The molecule has 3 rings (SSSR count). The van der Waals surface area contributed by atoms with E-state index in [1.165, 1.54) is 10.9 Å². The van der Waals surface area contributed by atoms with Crippen molar-refractivity contribution < 1.29 is 0 Å². The largest absolute Gasteiger partial charge is 0.399 e. The summed E-state index contributed by atoms with van der Waals surface area (Å²) in [5.74, 6) is 0. The molecule has 0 saturated carbocycles. The van der Waals surface area contributed by atoms with Gasteiger partial charge in [-0.05, 0) is 17.6 Å². The molecule has 4 heteroatoms. The van der Waals surface area contributed by atoms with E-state index in [-0.39, 0.29) is 6.71 Å². The van der Waals surface area contributed by atoms with Gasteiger partial charge in [-0.1, -0.05) is 99.1 Å². The molecule has 0 spiro atoms. The highest BCUT2D eigenvalue weighted by Crippen LogP contribution is 2.20. The van der Waals surface area contributed by atoms with E-state index in [0.717, 1.165) is 9.94 Å². The van der Waals surface area contributed by atoms with Gasteiger partial charge in [-0.25, -0.2) is 0 Å². The van der Waals surface area contributed by atoms with Crippen LogP contribution in [-0.2, 0) is 0 Å². The Morgan fingerprint density at radius 3 is 1.77 bits per heavy atom. The van der Waals surface area contributed by atoms with Crippen LogP contribution in [0.3, 0.4) is 0 Å². The predicted octanol–water partition coefficient (Wildman–Crippen LogP) is 3.20. The Morgan fingerprint density at radius 2 is 1.32 bits per heavy atom. The molecule has 0 amide bonds. The highest BCUT2D eigenvalue weighted by atomic mass is 79.9. The molecule has 1 nitrogen and oxygen atoms in total. The van der Waals surface area contributed by atoms with Gasteiger partial charge in [0.05, 0.1) is 0 Å². The van der Waals surface area contributed by atoms with Crippen molar-refractivity contribution in [3.05, 3.63) is 82.3 Å². The van der Waals surface area contributed by atoms with Gasteiger partial charge in [-0.3, -0.25) is 0 Å². The second kappa shape index (κ2) is 6.59. The van der Waals surface area contributed by atoms with Gasteiger partial charge in [0.1, 0.15) is 0 Å². The Balaban J connectivity index is 2.24. The molecule has 108 valence electrons. The van der Waals surface area contributed by atoms with E-state index in [4.69, 9.17) is 17.3 Å². The summed E-state index contributed by atoms with van der Waals surface area (Å²) in [6, 6.07) is 24.4. The summed E-state index contributed by atoms with van der Waals surface area (Å²) < 4.78 is 0.888. The Kier molecular flexibility index (Phi) is 4.56. The third-order valence-electron chi connectivity index (χ3n) is 3.68. The van der Waals surface area contributed by atoms with Crippen molar-refractivity contribution in [3.8, 4) is 0 Å². The van der Waals surface area contributed by atoms with Gasteiger partial charge in [0.15, 0.2) is 0 Å². The third-order valence-corrected chi connectivity index (χ3v) is 4.45. The summed E-state index contributed by atoms with van der Waals surface area (Å²) in [5, 5.41) is 0.671.